The Bertz CT molecular complexity index is 894. The van der Waals surface area contributed by atoms with Gasteiger partial charge in [0.25, 0.3) is 0 Å². The van der Waals surface area contributed by atoms with Crippen molar-refractivity contribution in [2.75, 3.05) is 17.2 Å². The summed E-state index contributed by atoms with van der Waals surface area (Å²) in [5.74, 6) is 2.22. The van der Waals surface area contributed by atoms with Crippen LogP contribution >= 0.6 is 23.4 Å². The number of anilines is 1. The average Bonchev–Trinajstić information content (AvgIpc) is 3.30. The lowest BCUT2D eigenvalue weighted by molar-refractivity contribution is -0.118. The highest BCUT2D eigenvalue weighted by Crippen LogP contribution is 2.36. The van der Waals surface area contributed by atoms with Crippen LogP contribution in [0.4, 0.5) is 5.69 Å². The van der Waals surface area contributed by atoms with Gasteiger partial charge in [0.05, 0.1) is 12.0 Å². The van der Waals surface area contributed by atoms with Crippen molar-refractivity contribution in [1.29, 1.82) is 0 Å². The Balaban J connectivity index is 1.44. The molecule has 8 heteroatoms. The lowest BCUT2D eigenvalue weighted by Gasteiger charge is -2.29. The van der Waals surface area contributed by atoms with E-state index in [-0.39, 0.29) is 12.3 Å². The number of aryl methyl sites for hydroxylation is 1. The number of nitrogens with zero attached hydrogens (tertiary/aromatic N) is 3. The number of fused-ring (bicyclic) bond motifs is 1. The third kappa shape index (κ3) is 3.43. The van der Waals surface area contributed by atoms with Crippen molar-refractivity contribution in [3.63, 3.8) is 0 Å². The highest BCUT2D eigenvalue weighted by molar-refractivity contribution is 7.99. The van der Waals surface area contributed by atoms with Gasteiger partial charge in [0.15, 0.2) is 5.76 Å². The number of hydrogen-bond donors (Lipinski definition) is 0. The fraction of sp³-hybridized carbons (Fsp3) is 0.235. The summed E-state index contributed by atoms with van der Waals surface area (Å²) in [4.78, 5) is 19.8. The summed E-state index contributed by atoms with van der Waals surface area (Å²) in [7, 11) is 0. The van der Waals surface area contributed by atoms with Crippen molar-refractivity contribution in [2.24, 2.45) is 0 Å². The second-order valence-corrected chi connectivity index (χ2v) is 7.07. The molecule has 2 aromatic heterocycles. The molecule has 1 aromatic carbocycles. The summed E-state index contributed by atoms with van der Waals surface area (Å²) < 4.78 is 10.4. The van der Waals surface area contributed by atoms with Gasteiger partial charge < -0.3 is 13.8 Å². The first kappa shape index (κ1) is 16.2. The van der Waals surface area contributed by atoms with Gasteiger partial charge in [-0.15, -0.1) is 11.8 Å². The van der Waals surface area contributed by atoms with Crippen LogP contribution in [-0.4, -0.2) is 28.3 Å². The molecule has 1 amide bonds. The van der Waals surface area contributed by atoms with Crippen molar-refractivity contribution < 1.29 is 13.7 Å². The molecule has 0 atom stereocenters. The molecule has 0 saturated carbocycles. The molecule has 0 radical (unpaired) electrons. The number of carbonyl (C=O) groups excluding carboxylic acids is 1. The summed E-state index contributed by atoms with van der Waals surface area (Å²) in [6.45, 7) is 0.665. The molecular formula is C17H14ClN3O3S. The molecule has 0 saturated heterocycles. The van der Waals surface area contributed by atoms with E-state index in [1.54, 1.807) is 35.1 Å². The Morgan fingerprint density at radius 3 is 3.12 bits per heavy atom. The number of benzene rings is 1. The molecule has 0 aliphatic carbocycles. The first-order valence-corrected chi connectivity index (χ1v) is 9.16. The molecule has 3 aromatic rings. The predicted molar refractivity (Wildman–Crippen MR) is 94.9 cm³/mol. The summed E-state index contributed by atoms with van der Waals surface area (Å²) >= 11 is 7.81. The van der Waals surface area contributed by atoms with Crippen LogP contribution in [0.1, 0.15) is 12.3 Å². The molecule has 0 unspecified atom stereocenters. The van der Waals surface area contributed by atoms with E-state index in [2.05, 4.69) is 10.1 Å². The third-order valence-corrected chi connectivity index (χ3v) is 5.13. The minimum Gasteiger partial charge on any atom is -0.461 e. The predicted octanol–water partition coefficient (Wildman–Crippen LogP) is 4.05. The minimum absolute atomic E-state index is 0.0153. The molecule has 128 valence electrons. The maximum Gasteiger partial charge on any atom is 0.238 e. The molecule has 0 fully saturated rings. The second-order valence-electron chi connectivity index (χ2n) is 5.49. The number of thioether (sulfide) groups is 1. The fourth-order valence-electron chi connectivity index (χ4n) is 2.66. The second kappa shape index (κ2) is 6.93. The third-order valence-electron chi connectivity index (χ3n) is 3.85. The molecule has 25 heavy (non-hydrogen) atoms. The van der Waals surface area contributed by atoms with E-state index in [0.29, 0.717) is 35.5 Å². The van der Waals surface area contributed by atoms with Gasteiger partial charge in [0, 0.05) is 35.1 Å². The Labute approximate surface area is 153 Å². The average molecular weight is 376 g/mol. The summed E-state index contributed by atoms with van der Waals surface area (Å²) in [6.07, 6.45) is 2.22. The van der Waals surface area contributed by atoms with E-state index in [4.69, 9.17) is 20.5 Å². The Hall–Kier alpha value is -2.25. The van der Waals surface area contributed by atoms with Crippen LogP contribution in [0.5, 0.6) is 0 Å². The Morgan fingerprint density at radius 1 is 1.36 bits per heavy atom. The highest BCUT2D eigenvalue weighted by Gasteiger charge is 2.23. The van der Waals surface area contributed by atoms with E-state index in [1.807, 2.05) is 18.2 Å². The maximum absolute atomic E-state index is 12.6. The van der Waals surface area contributed by atoms with Crippen LogP contribution in [0.25, 0.3) is 11.6 Å². The zero-order chi connectivity index (χ0) is 17.2. The van der Waals surface area contributed by atoms with Crippen LogP contribution in [0, 0.1) is 0 Å². The maximum atomic E-state index is 12.6. The van der Waals surface area contributed by atoms with Gasteiger partial charge in [-0.2, -0.15) is 4.98 Å². The van der Waals surface area contributed by atoms with Crippen LogP contribution in [0.2, 0.25) is 5.02 Å². The molecule has 0 N–H and O–H groups in total. The van der Waals surface area contributed by atoms with E-state index in [9.17, 15) is 4.79 Å². The quantitative estimate of drug-likeness (QED) is 0.684. The summed E-state index contributed by atoms with van der Waals surface area (Å²) in [5.41, 5.74) is 0.871. The number of furan rings is 1. The molecule has 0 bridgehead atoms. The van der Waals surface area contributed by atoms with E-state index in [0.717, 1.165) is 16.3 Å². The lowest BCUT2D eigenvalue weighted by atomic mass is 10.2. The SMILES string of the molecule is O=C(CCc1nc(-c2ccco2)no1)N1CCSc2ccc(Cl)cc21. The molecule has 6 nitrogen and oxygen atoms in total. The molecule has 4 rings (SSSR count). The van der Waals surface area contributed by atoms with Crippen molar-refractivity contribution in [1.82, 2.24) is 10.1 Å². The van der Waals surface area contributed by atoms with Crippen molar-refractivity contribution in [3.8, 4) is 11.6 Å². The summed E-state index contributed by atoms with van der Waals surface area (Å²) in [6, 6.07) is 9.14. The topological polar surface area (TPSA) is 72.4 Å². The van der Waals surface area contributed by atoms with Gasteiger partial charge in [-0.3, -0.25) is 4.79 Å². The largest absolute Gasteiger partial charge is 0.461 e. The first-order chi connectivity index (χ1) is 12.2. The van der Waals surface area contributed by atoms with Crippen LogP contribution in [0.15, 0.2) is 50.4 Å². The molecular weight excluding hydrogens is 362 g/mol. The van der Waals surface area contributed by atoms with Crippen molar-refractivity contribution in [3.05, 3.63) is 47.5 Å². The van der Waals surface area contributed by atoms with E-state index >= 15 is 0 Å². The standard InChI is InChI=1S/C17H14ClN3O3S/c18-11-3-4-14-12(10-11)21(7-9-25-14)16(22)6-5-15-19-17(20-24-15)13-2-1-8-23-13/h1-4,8,10H,5-7,9H2. The van der Waals surface area contributed by atoms with E-state index < -0.39 is 0 Å². The number of carbonyl (C=O) groups is 1. The van der Waals surface area contributed by atoms with Gasteiger partial charge in [0.1, 0.15) is 0 Å². The monoisotopic (exact) mass is 375 g/mol. The van der Waals surface area contributed by atoms with Gasteiger partial charge >= 0.3 is 0 Å². The number of hydrogen-bond acceptors (Lipinski definition) is 6. The normalized spacial score (nSPS) is 13.7. The fourth-order valence-corrected chi connectivity index (χ4v) is 3.80. The number of halogens is 1. The van der Waals surface area contributed by atoms with Gasteiger partial charge in [0.2, 0.25) is 17.6 Å². The molecule has 0 spiro atoms. The van der Waals surface area contributed by atoms with Crippen molar-refractivity contribution >= 4 is 35.0 Å². The van der Waals surface area contributed by atoms with Gasteiger partial charge in [-0.25, -0.2) is 0 Å². The van der Waals surface area contributed by atoms with Crippen molar-refractivity contribution in [2.45, 2.75) is 17.7 Å². The minimum atomic E-state index is 0.0153. The van der Waals surface area contributed by atoms with Gasteiger partial charge in [-0.05, 0) is 30.3 Å². The van der Waals surface area contributed by atoms with Gasteiger partial charge in [-0.1, -0.05) is 16.8 Å². The highest BCUT2D eigenvalue weighted by atomic mass is 35.5. The smallest absolute Gasteiger partial charge is 0.238 e. The molecule has 3 heterocycles. The number of amides is 1. The Morgan fingerprint density at radius 2 is 2.28 bits per heavy atom. The number of rotatable bonds is 4. The molecule has 1 aliphatic heterocycles. The number of aromatic nitrogens is 2. The zero-order valence-corrected chi connectivity index (χ0v) is 14.7. The summed E-state index contributed by atoms with van der Waals surface area (Å²) in [5, 5.41) is 4.50. The lowest BCUT2D eigenvalue weighted by Crippen LogP contribution is -2.35. The molecule has 1 aliphatic rings. The first-order valence-electron chi connectivity index (χ1n) is 7.80. The zero-order valence-electron chi connectivity index (χ0n) is 13.1. The van der Waals surface area contributed by atoms with E-state index in [1.165, 1.54) is 0 Å². The van der Waals surface area contributed by atoms with Crippen LogP contribution < -0.4 is 4.90 Å². The Kier molecular flexibility index (Phi) is 4.50. The van der Waals surface area contributed by atoms with Crippen LogP contribution in [-0.2, 0) is 11.2 Å². The van der Waals surface area contributed by atoms with Crippen LogP contribution in [0.3, 0.4) is 0 Å².